The van der Waals surface area contributed by atoms with Crippen molar-refractivity contribution in [2.45, 2.75) is 43.4 Å². The van der Waals surface area contributed by atoms with Crippen LogP contribution < -0.4 is 5.32 Å². The minimum atomic E-state index is -3.57. The Morgan fingerprint density at radius 1 is 1.00 bits per heavy atom. The Bertz CT molecular complexity index is 777. The molecule has 1 amide bonds. The summed E-state index contributed by atoms with van der Waals surface area (Å²) < 4.78 is 27.3. The van der Waals surface area contributed by atoms with Gasteiger partial charge in [-0.15, -0.1) is 0 Å². The normalized spacial score (nSPS) is 19.9. The van der Waals surface area contributed by atoms with Crippen LogP contribution in [0.15, 0.2) is 29.2 Å². The maximum atomic E-state index is 12.9. The van der Waals surface area contributed by atoms with E-state index >= 15 is 0 Å². The maximum absolute atomic E-state index is 12.9. The van der Waals surface area contributed by atoms with Gasteiger partial charge < -0.3 is 10.4 Å². The van der Waals surface area contributed by atoms with Crippen molar-refractivity contribution in [3.8, 4) is 0 Å². The molecular weight excluding hydrogens is 368 g/mol. The van der Waals surface area contributed by atoms with Crippen LogP contribution in [0.1, 0.15) is 48.9 Å². The van der Waals surface area contributed by atoms with E-state index in [1.54, 1.807) is 0 Å². The van der Waals surface area contributed by atoms with Crippen molar-refractivity contribution >= 4 is 21.9 Å². The fourth-order valence-electron chi connectivity index (χ4n) is 4.20. The third kappa shape index (κ3) is 4.68. The standard InChI is InChI=1S/C19H26N2O5S/c22-18(23)13-20-19(24)16-5-7-17(8-6-16)27(25,26)21-11-9-15(10-12-21)14-3-1-2-4-14/h5-8,14-15H,1-4,9-13H2,(H,20,24)(H,22,23). The number of rotatable bonds is 6. The molecule has 0 radical (unpaired) electrons. The fraction of sp³-hybridized carbons (Fsp3) is 0.579. The van der Waals surface area contributed by atoms with Crippen LogP contribution in [-0.2, 0) is 14.8 Å². The highest BCUT2D eigenvalue weighted by Gasteiger charge is 2.33. The number of piperidine rings is 1. The average molecular weight is 394 g/mol. The summed E-state index contributed by atoms with van der Waals surface area (Å²) in [4.78, 5) is 22.5. The molecule has 2 aliphatic rings. The second-order valence-corrected chi connectivity index (χ2v) is 9.32. The molecule has 1 aliphatic heterocycles. The van der Waals surface area contributed by atoms with Gasteiger partial charge in [-0.1, -0.05) is 25.7 Å². The highest BCUT2D eigenvalue weighted by molar-refractivity contribution is 7.89. The van der Waals surface area contributed by atoms with Crippen LogP contribution in [0.25, 0.3) is 0 Å². The van der Waals surface area contributed by atoms with Crippen LogP contribution in [-0.4, -0.2) is 49.3 Å². The van der Waals surface area contributed by atoms with E-state index in [9.17, 15) is 18.0 Å². The molecule has 2 N–H and O–H groups in total. The van der Waals surface area contributed by atoms with Gasteiger partial charge in [-0.2, -0.15) is 4.31 Å². The van der Waals surface area contributed by atoms with Gasteiger partial charge in [-0.05, 0) is 48.9 Å². The summed E-state index contributed by atoms with van der Waals surface area (Å²) >= 11 is 0. The van der Waals surface area contributed by atoms with Crippen molar-refractivity contribution in [2.75, 3.05) is 19.6 Å². The highest BCUT2D eigenvalue weighted by atomic mass is 32.2. The lowest BCUT2D eigenvalue weighted by Gasteiger charge is -2.34. The van der Waals surface area contributed by atoms with Gasteiger partial charge in [-0.3, -0.25) is 9.59 Å². The van der Waals surface area contributed by atoms with Crippen LogP contribution in [0.5, 0.6) is 0 Å². The number of sulfonamides is 1. The Morgan fingerprint density at radius 3 is 2.11 bits per heavy atom. The molecular formula is C19H26N2O5S. The Morgan fingerprint density at radius 2 is 1.56 bits per heavy atom. The summed E-state index contributed by atoms with van der Waals surface area (Å²) in [6, 6.07) is 5.65. The van der Waals surface area contributed by atoms with Crippen LogP contribution >= 0.6 is 0 Å². The maximum Gasteiger partial charge on any atom is 0.322 e. The van der Waals surface area contributed by atoms with Crippen molar-refractivity contribution in [1.29, 1.82) is 0 Å². The first-order valence-electron chi connectivity index (χ1n) is 9.48. The number of hydrogen-bond donors (Lipinski definition) is 2. The number of carboxylic acid groups (broad SMARTS) is 1. The molecule has 1 saturated heterocycles. The summed E-state index contributed by atoms with van der Waals surface area (Å²) in [5, 5.41) is 10.8. The zero-order chi connectivity index (χ0) is 19.4. The molecule has 3 rings (SSSR count). The number of carbonyl (C=O) groups excluding carboxylic acids is 1. The Labute approximate surface area is 159 Å². The summed E-state index contributed by atoms with van der Waals surface area (Å²) in [7, 11) is -3.57. The van der Waals surface area contributed by atoms with E-state index in [0.29, 0.717) is 19.0 Å². The third-order valence-corrected chi connectivity index (χ3v) is 7.63. The Balaban J connectivity index is 1.61. The first-order valence-corrected chi connectivity index (χ1v) is 10.9. The van der Waals surface area contributed by atoms with Gasteiger partial charge in [0.2, 0.25) is 10.0 Å². The fourth-order valence-corrected chi connectivity index (χ4v) is 5.67. The molecule has 1 aromatic carbocycles. The molecule has 1 aliphatic carbocycles. The highest BCUT2D eigenvalue weighted by Crippen LogP contribution is 2.37. The second kappa shape index (κ2) is 8.39. The van der Waals surface area contributed by atoms with E-state index in [-0.39, 0.29) is 10.5 Å². The smallest absolute Gasteiger partial charge is 0.322 e. The first kappa shape index (κ1) is 19.8. The molecule has 8 heteroatoms. The van der Waals surface area contributed by atoms with E-state index in [1.165, 1.54) is 54.3 Å². The van der Waals surface area contributed by atoms with Crippen molar-refractivity contribution in [2.24, 2.45) is 11.8 Å². The molecule has 2 fully saturated rings. The van der Waals surface area contributed by atoms with Crippen molar-refractivity contribution < 1.29 is 23.1 Å². The van der Waals surface area contributed by atoms with Gasteiger partial charge >= 0.3 is 5.97 Å². The predicted molar refractivity (Wildman–Crippen MR) is 99.9 cm³/mol. The van der Waals surface area contributed by atoms with E-state index < -0.39 is 28.4 Å². The zero-order valence-corrected chi connectivity index (χ0v) is 16.1. The largest absolute Gasteiger partial charge is 0.480 e. The number of hydrogen-bond acceptors (Lipinski definition) is 4. The lowest BCUT2D eigenvalue weighted by Crippen LogP contribution is -2.39. The molecule has 0 atom stereocenters. The molecule has 148 valence electrons. The predicted octanol–water partition coefficient (Wildman–Crippen LogP) is 2.09. The van der Waals surface area contributed by atoms with Crippen LogP contribution in [0, 0.1) is 11.8 Å². The number of carbonyl (C=O) groups is 2. The van der Waals surface area contributed by atoms with Gasteiger partial charge in [0.05, 0.1) is 4.90 Å². The minimum Gasteiger partial charge on any atom is -0.480 e. The summed E-state index contributed by atoms with van der Waals surface area (Å²) in [5.74, 6) is -0.278. The first-order chi connectivity index (χ1) is 12.9. The van der Waals surface area contributed by atoms with E-state index in [2.05, 4.69) is 5.32 Å². The topological polar surface area (TPSA) is 104 Å². The molecule has 0 spiro atoms. The number of carboxylic acids is 1. The SMILES string of the molecule is O=C(O)CNC(=O)c1ccc(S(=O)(=O)N2CCC(C3CCCC3)CC2)cc1. The molecule has 1 aromatic rings. The van der Waals surface area contributed by atoms with Crippen molar-refractivity contribution in [3.05, 3.63) is 29.8 Å². The number of aliphatic carboxylic acids is 1. The molecule has 0 bridgehead atoms. The Kier molecular flexibility index (Phi) is 6.16. The number of amides is 1. The van der Waals surface area contributed by atoms with Gasteiger partial charge in [0.1, 0.15) is 6.54 Å². The lowest BCUT2D eigenvalue weighted by molar-refractivity contribution is -0.135. The van der Waals surface area contributed by atoms with Crippen LogP contribution in [0.4, 0.5) is 0 Å². The third-order valence-electron chi connectivity index (χ3n) is 5.72. The average Bonchev–Trinajstić information content (AvgIpc) is 3.21. The van der Waals surface area contributed by atoms with Crippen LogP contribution in [0.3, 0.4) is 0 Å². The molecule has 0 unspecified atom stereocenters. The Hall–Kier alpha value is -1.93. The van der Waals surface area contributed by atoms with Gasteiger partial charge in [0.25, 0.3) is 5.91 Å². The van der Waals surface area contributed by atoms with Crippen LogP contribution in [0.2, 0.25) is 0 Å². The molecule has 7 nitrogen and oxygen atoms in total. The van der Waals surface area contributed by atoms with E-state index in [1.807, 2.05) is 0 Å². The van der Waals surface area contributed by atoms with Gasteiger partial charge in [-0.25, -0.2) is 8.42 Å². The van der Waals surface area contributed by atoms with Gasteiger partial charge in [0.15, 0.2) is 0 Å². The number of nitrogens with one attached hydrogen (secondary N) is 1. The summed E-state index contributed by atoms with van der Waals surface area (Å²) in [5.41, 5.74) is 0.232. The zero-order valence-electron chi connectivity index (χ0n) is 15.3. The monoisotopic (exact) mass is 394 g/mol. The number of benzene rings is 1. The second-order valence-electron chi connectivity index (χ2n) is 7.39. The van der Waals surface area contributed by atoms with Crippen molar-refractivity contribution in [1.82, 2.24) is 9.62 Å². The van der Waals surface area contributed by atoms with Crippen molar-refractivity contribution in [3.63, 3.8) is 0 Å². The number of nitrogens with zero attached hydrogens (tertiary/aromatic N) is 1. The molecule has 27 heavy (non-hydrogen) atoms. The molecule has 1 saturated carbocycles. The van der Waals surface area contributed by atoms with Gasteiger partial charge in [0, 0.05) is 18.7 Å². The quantitative estimate of drug-likeness (QED) is 0.769. The summed E-state index contributed by atoms with van der Waals surface area (Å²) in [6.45, 7) is 0.615. The van der Waals surface area contributed by atoms with E-state index in [4.69, 9.17) is 5.11 Å². The molecule has 0 aromatic heterocycles. The molecule has 1 heterocycles. The minimum absolute atomic E-state index is 0.164. The lowest BCUT2D eigenvalue weighted by atomic mass is 9.84. The van der Waals surface area contributed by atoms with E-state index in [0.717, 1.165) is 18.8 Å². The summed E-state index contributed by atoms with van der Waals surface area (Å²) in [6.07, 6.45) is 7.00.